The second kappa shape index (κ2) is 6.69. The van der Waals surface area contributed by atoms with Crippen molar-refractivity contribution in [1.29, 1.82) is 0 Å². The number of rotatable bonds is 6. The summed E-state index contributed by atoms with van der Waals surface area (Å²) in [5, 5.41) is 9.90. The lowest BCUT2D eigenvalue weighted by Crippen LogP contribution is -2.46. The van der Waals surface area contributed by atoms with Crippen molar-refractivity contribution in [1.82, 2.24) is 9.80 Å². The smallest absolute Gasteiger partial charge is 0.159 e. The molecule has 4 heteroatoms. The highest BCUT2D eigenvalue weighted by molar-refractivity contribution is 4.71. The number of piperazine rings is 1. The first-order chi connectivity index (χ1) is 7.95. The van der Waals surface area contributed by atoms with Gasteiger partial charge in [-0.2, -0.15) is 0 Å². The minimum atomic E-state index is -0.653. The number of likely N-dealkylation sites (N-methyl/N-ethyl adjacent to an activating group) is 1. The predicted octanol–water partition coefficient (Wildman–Crippen LogP) is 1.01. The molecule has 1 unspecified atom stereocenters. The van der Waals surface area contributed by atoms with Crippen LogP contribution in [0.3, 0.4) is 0 Å². The lowest BCUT2D eigenvalue weighted by Gasteiger charge is -2.33. The summed E-state index contributed by atoms with van der Waals surface area (Å²) in [6.45, 7) is 12.2. The molecule has 0 amide bonds. The molecule has 0 saturated carbocycles. The van der Waals surface area contributed by atoms with Crippen LogP contribution >= 0.6 is 0 Å². The Morgan fingerprint density at radius 3 is 2.35 bits per heavy atom. The molecule has 0 aliphatic carbocycles. The quantitative estimate of drug-likeness (QED) is 0.707. The van der Waals surface area contributed by atoms with Crippen LogP contribution < -0.4 is 0 Å². The Labute approximate surface area is 106 Å². The van der Waals surface area contributed by atoms with Crippen LogP contribution in [0.2, 0.25) is 0 Å². The Balaban J connectivity index is 2.15. The first-order valence-electron chi connectivity index (χ1n) is 6.66. The van der Waals surface area contributed by atoms with E-state index < -0.39 is 6.29 Å². The molecule has 1 heterocycles. The lowest BCUT2D eigenvalue weighted by molar-refractivity contribution is -0.167. The highest BCUT2D eigenvalue weighted by Gasteiger charge is 2.26. The van der Waals surface area contributed by atoms with Crippen molar-refractivity contribution in [3.05, 3.63) is 0 Å². The minimum Gasteiger partial charge on any atom is -0.368 e. The van der Waals surface area contributed by atoms with Crippen LogP contribution in [-0.2, 0) is 4.74 Å². The van der Waals surface area contributed by atoms with Crippen molar-refractivity contribution in [3.8, 4) is 0 Å². The minimum absolute atomic E-state index is 0.151. The van der Waals surface area contributed by atoms with E-state index in [0.717, 1.165) is 39.1 Å². The third-order valence-electron chi connectivity index (χ3n) is 3.86. The highest BCUT2D eigenvalue weighted by Crippen LogP contribution is 2.25. The van der Waals surface area contributed by atoms with Crippen LogP contribution in [-0.4, -0.2) is 67.6 Å². The van der Waals surface area contributed by atoms with Gasteiger partial charge in [0.25, 0.3) is 0 Å². The lowest BCUT2D eigenvalue weighted by atomic mass is 9.90. The molecule has 1 rings (SSSR count). The van der Waals surface area contributed by atoms with E-state index in [2.05, 4.69) is 23.8 Å². The third kappa shape index (κ3) is 4.92. The molecular weight excluding hydrogens is 216 g/mol. The second-order valence-corrected chi connectivity index (χ2v) is 5.71. The molecule has 4 nitrogen and oxygen atoms in total. The highest BCUT2D eigenvalue weighted by atomic mass is 16.6. The van der Waals surface area contributed by atoms with E-state index in [1.807, 2.05) is 13.8 Å². The van der Waals surface area contributed by atoms with Gasteiger partial charge < -0.3 is 14.7 Å². The summed E-state index contributed by atoms with van der Waals surface area (Å²) in [4.78, 5) is 4.73. The number of aliphatic hydroxyl groups is 1. The van der Waals surface area contributed by atoms with Gasteiger partial charge in [0.2, 0.25) is 0 Å². The average molecular weight is 244 g/mol. The van der Waals surface area contributed by atoms with Gasteiger partial charge in [0.05, 0.1) is 6.61 Å². The first-order valence-corrected chi connectivity index (χ1v) is 6.66. The Kier molecular flexibility index (Phi) is 5.86. The van der Waals surface area contributed by atoms with Crippen molar-refractivity contribution in [2.24, 2.45) is 5.41 Å². The fourth-order valence-corrected chi connectivity index (χ4v) is 1.77. The molecule has 1 N–H and O–H groups in total. The van der Waals surface area contributed by atoms with Crippen LogP contribution in [0.4, 0.5) is 0 Å². The molecule has 0 spiro atoms. The van der Waals surface area contributed by atoms with Gasteiger partial charge in [-0.15, -0.1) is 0 Å². The van der Waals surface area contributed by atoms with Gasteiger partial charge in [-0.25, -0.2) is 0 Å². The van der Waals surface area contributed by atoms with E-state index in [1.54, 1.807) is 0 Å². The van der Waals surface area contributed by atoms with Crippen molar-refractivity contribution >= 4 is 0 Å². The number of nitrogens with zero attached hydrogens (tertiary/aromatic N) is 2. The number of hydrogen-bond acceptors (Lipinski definition) is 4. The fourth-order valence-electron chi connectivity index (χ4n) is 1.77. The van der Waals surface area contributed by atoms with E-state index in [-0.39, 0.29) is 5.41 Å². The Morgan fingerprint density at radius 1 is 1.24 bits per heavy atom. The third-order valence-corrected chi connectivity index (χ3v) is 3.86. The number of ether oxygens (including phenoxy) is 1. The Morgan fingerprint density at radius 2 is 1.82 bits per heavy atom. The molecule has 0 radical (unpaired) electrons. The standard InChI is InChI=1S/C13H28N2O2/c1-5-13(2,3)12(16)17-11-10-15-8-6-14(4)7-9-15/h12,16H,5-11H2,1-4H3. The first kappa shape index (κ1) is 14.9. The SMILES string of the molecule is CCC(C)(C)C(O)OCCN1CCN(C)CC1. The van der Waals surface area contributed by atoms with Crippen LogP contribution in [0.25, 0.3) is 0 Å². The van der Waals surface area contributed by atoms with E-state index in [1.165, 1.54) is 0 Å². The van der Waals surface area contributed by atoms with Crippen molar-refractivity contribution in [2.75, 3.05) is 46.4 Å². The topological polar surface area (TPSA) is 35.9 Å². The molecule has 102 valence electrons. The average Bonchev–Trinajstić information content (AvgIpc) is 2.31. The zero-order chi connectivity index (χ0) is 12.9. The monoisotopic (exact) mass is 244 g/mol. The predicted molar refractivity (Wildman–Crippen MR) is 70.0 cm³/mol. The Bertz CT molecular complexity index is 213. The molecule has 0 aromatic carbocycles. The summed E-state index contributed by atoms with van der Waals surface area (Å²) < 4.78 is 5.53. The van der Waals surface area contributed by atoms with Gasteiger partial charge in [0, 0.05) is 38.1 Å². The summed E-state index contributed by atoms with van der Waals surface area (Å²) in [5.74, 6) is 0. The molecule has 1 aliphatic heterocycles. The molecule has 1 aliphatic rings. The maximum Gasteiger partial charge on any atom is 0.159 e. The van der Waals surface area contributed by atoms with Gasteiger partial charge in [-0.3, -0.25) is 4.90 Å². The zero-order valence-electron chi connectivity index (χ0n) is 11.8. The van der Waals surface area contributed by atoms with Gasteiger partial charge in [-0.05, 0) is 13.5 Å². The molecule has 0 aromatic rings. The van der Waals surface area contributed by atoms with Crippen molar-refractivity contribution < 1.29 is 9.84 Å². The van der Waals surface area contributed by atoms with Crippen molar-refractivity contribution in [2.45, 2.75) is 33.5 Å². The van der Waals surface area contributed by atoms with Gasteiger partial charge in [0.15, 0.2) is 6.29 Å². The molecule has 17 heavy (non-hydrogen) atoms. The zero-order valence-corrected chi connectivity index (χ0v) is 11.8. The molecular formula is C13H28N2O2. The van der Waals surface area contributed by atoms with Crippen molar-refractivity contribution in [3.63, 3.8) is 0 Å². The molecule has 1 fully saturated rings. The van der Waals surface area contributed by atoms with Crippen LogP contribution in [0.1, 0.15) is 27.2 Å². The number of aliphatic hydroxyl groups excluding tert-OH is 1. The van der Waals surface area contributed by atoms with Gasteiger partial charge in [0.1, 0.15) is 0 Å². The summed E-state index contributed by atoms with van der Waals surface area (Å²) in [6, 6.07) is 0. The molecule has 0 aromatic heterocycles. The van der Waals surface area contributed by atoms with Gasteiger partial charge >= 0.3 is 0 Å². The van der Waals surface area contributed by atoms with E-state index in [4.69, 9.17) is 4.74 Å². The summed E-state index contributed by atoms with van der Waals surface area (Å²) in [6.07, 6.45) is 0.267. The maximum absolute atomic E-state index is 9.90. The Hall–Kier alpha value is -0.160. The molecule has 1 saturated heterocycles. The maximum atomic E-state index is 9.90. The number of hydrogen-bond donors (Lipinski definition) is 1. The second-order valence-electron chi connectivity index (χ2n) is 5.71. The van der Waals surface area contributed by atoms with Crippen LogP contribution in [0, 0.1) is 5.41 Å². The molecule has 1 atom stereocenters. The van der Waals surface area contributed by atoms with E-state index in [9.17, 15) is 5.11 Å². The van der Waals surface area contributed by atoms with Crippen LogP contribution in [0.5, 0.6) is 0 Å². The van der Waals surface area contributed by atoms with E-state index in [0.29, 0.717) is 6.61 Å². The normalized spacial score (nSPS) is 21.7. The van der Waals surface area contributed by atoms with E-state index >= 15 is 0 Å². The summed E-state index contributed by atoms with van der Waals surface area (Å²) in [5.41, 5.74) is -0.151. The molecule has 0 bridgehead atoms. The summed E-state index contributed by atoms with van der Waals surface area (Å²) in [7, 11) is 2.15. The fraction of sp³-hybridized carbons (Fsp3) is 1.00. The van der Waals surface area contributed by atoms with Gasteiger partial charge in [-0.1, -0.05) is 20.8 Å². The summed E-state index contributed by atoms with van der Waals surface area (Å²) >= 11 is 0. The van der Waals surface area contributed by atoms with Crippen LogP contribution in [0.15, 0.2) is 0 Å². The largest absolute Gasteiger partial charge is 0.368 e.